The molecule has 3 aromatic rings. The molecule has 1 unspecified atom stereocenters. The van der Waals surface area contributed by atoms with Crippen molar-refractivity contribution in [1.82, 2.24) is 9.88 Å². The molecule has 1 aliphatic rings. The number of carbonyl (C=O) groups excluding carboxylic acids is 2. The van der Waals surface area contributed by atoms with E-state index in [0.717, 1.165) is 53.6 Å². The molecular weight excluding hydrogens is 376 g/mol. The van der Waals surface area contributed by atoms with Gasteiger partial charge in [0, 0.05) is 30.4 Å². The minimum absolute atomic E-state index is 0.0548. The first-order chi connectivity index (χ1) is 14.6. The summed E-state index contributed by atoms with van der Waals surface area (Å²) in [5.41, 5.74) is 9.16. The van der Waals surface area contributed by atoms with Crippen LogP contribution in [-0.4, -0.2) is 34.8 Å². The van der Waals surface area contributed by atoms with Crippen molar-refractivity contribution >= 4 is 28.4 Å². The van der Waals surface area contributed by atoms with Crippen molar-refractivity contribution in [2.24, 2.45) is 11.7 Å². The highest BCUT2D eigenvalue weighted by Gasteiger charge is 2.23. The van der Waals surface area contributed by atoms with Crippen molar-refractivity contribution in [2.75, 3.05) is 18.4 Å². The van der Waals surface area contributed by atoms with Crippen LogP contribution in [0.15, 0.2) is 60.8 Å². The standard InChI is InChI=1S/C24H26N4O2/c25-24(30)20-7-3-13-28(16-20)15-17-8-10-21(11-9-17)27-22(29)14-19-5-1-4-18-6-2-12-26-23(18)19/h1-2,4-6,8-12,20H,3,7,13-16H2,(H2,25,30)(H,27,29). The molecule has 3 N–H and O–H groups in total. The first kappa shape index (κ1) is 20.0. The molecule has 1 fully saturated rings. The predicted octanol–water partition coefficient (Wildman–Crippen LogP) is 3.11. The summed E-state index contributed by atoms with van der Waals surface area (Å²) in [6, 6.07) is 17.7. The number of nitrogens with zero attached hydrogens (tertiary/aromatic N) is 2. The second-order valence-corrected chi connectivity index (χ2v) is 7.89. The van der Waals surface area contributed by atoms with E-state index in [4.69, 9.17) is 5.73 Å². The zero-order valence-corrected chi connectivity index (χ0v) is 16.9. The highest BCUT2D eigenvalue weighted by molar-refractivity contribution is 5.95. The lowest BCUT2D eigenvalue weighted by Crippen LogP contribution is -2.40. The van der Waals surface area contributed by atoms with Gasteiger partial charge < -0.3 is 11.1 Å². The molecule has 1 saturated heterocycles. The maximum absolute atomic E-state index is 12.5. The van der Waals surface area contributed by atoms with Crippen molar-refractivity contribution in [3.63, 3.8) is 0 Å². The lowest BCUT2D eigenvalue weighted by molar-refractivity contribution is -0.123. The first-order valence-corrected chi connectivity index (χ1v) is 10.3. The summed E-state index contributed by atoms with van der Waals surface area (Å²) in [5, 5.41) is 4.00. The minimum Gasteiger partial charge on any atom is -0.369 e. The lowest BCUT2D eigenvalue weighted by Gasteiger charge is -2.31. The van der Waals surface area contributed by atoms with Crippen LogP contribution in [-0.2, 0) is 22.6 Å². The van der Waals surface area contributed by atoms with E-state index in [9.17, 15) is 9.59 Å². The number of fused-ring (bicyclic) bond motifs is 1. The Labute approximate surface area is 176 Å². The number of hydrogen-bond donors (Lipinski definition) is 2. The average Bonchev–Trinajstić information content (AvgIpc) is 2.75. The van der Waals surface area contributed by atoms with Gasteiger partial charge in [-0.15, -0.1) is 0 Å². The second-order valence-electron chi connectivity index (χ2n) is 7.89. The van der Waals surface area contributed by atoms with E-state index in [0.29, 0.717) is 6.54 Å². The quantitative estimate of drug-likeness (QED) is 0.663. The fraction of sp³-hybridized carbons (Fsp3) is 0.292. The van der Waals surface area contributed by atoms with E-state index in [1.807, 2.05) is 54.6 Å². The molecule has 1 aromatic heterocycles. The van der Waals surface area contributed by atoms with Gasteiger partial charge in [-0.2, -0.15) is 0 Å². The molecule has 0 radical (unpaired) electrons. The third-order valence-electron chi connectivity index (χ3n) is 5.62. The van der Waals surface area contributed by atoms with Crippen molar-refractivity contribution in [2.45, 2.75) is 25.8 Å². The maximum atomic E-state index is 12.5. The third-order valence-corrected chi connectivity index (χ3v) is 5.62. The van der Waals surface area contributed by atoms with E-state index in [1.165, 1.54) is 0 Å². The van der Waals surface area contributed by atoms with Crippen molar-refractivity contribution < 1.29 is 9.59 Å². The number of hydrogen-bond acceptors (Lipinski definition) is 4. The third kappa shape index (κ3) is 4.83. The Morgan fingerprint density at radius 1 is 1.10 bits per heavy atom. The summed E-state index contributed by atoms with van der Waals surface area (Å²) < 4.78 is 0. The molecule has 0 aliphatic carbocycles. The van der Waals surface area contributed by atoms with E-state index in [1.54, 1.807) is 6.20 Å². The second kappa shape index (κ2) is 9.05. The fourth-order valence-corrected chi connectivity index (χ4v) is 4.07. The number of nitrogens with one attached hydrogen (secondary N) is 1. The van der Waals surface area contributed by atoms with Crippen LogP contribution < -0.4 is 11.1 Å². The Balaban J connectivity index is 1.35. The molecule has 0 saturated carbocycles. The minimum atomic E-state index is -0.209. The largest absolute Gasteiger partial charge is 0.369 e. The number of amides is 2. The fourth-order valence-electron chi connectivity index (χ4n) is 4.07. The summed E-state index contributed by atoms with van der Waals surface area (Å²) in [5.74, 6) is -0.332. The van der Waals surface area contributed by atoms with E-state index in [-0.39, 0.29) is 24.2 Å². The van der Waals surface area contributed by atoms with Gasteiger partial charge in [0.2, 0.25) is 11.8 Å². The topological polar surface area (TPSA) is 88.3 Å². The van der Waals surface area contributed by atoms with E-state index < -0.39 is 0 Å². The van der Waals surface area contributed by atoms with Gasteiger partial charge in [0.25, 0.3) is 0 Å². The van der Waals surface area contributed by atoms with Crippen LogP contribution >= 0.6 is 0 Å². The number of benzene rings is 2. The number of nitrogens with two attached hydrogens (primary N) is 1. The summed E-state index contributed by atoms with van der Waals surface area (Å²) >= 11 is 0. The summed E-state index contributed by atoms with van der Waals surface area (Å²) in [6.45, 7) is 2.47. The molecular formula is C24H26N4O2. The van der Waals surface area contributed by atoms with Gasteiger partial charge in [-0.1, -0.05) is 36.4 Å². The van der Waals surface area contributed by atoms with Gasteiger partial charge in [0.1, 0.15) is 0 Å². The number of anilines is 1. The number of primary amides is 1. The molecule has 0 bridgehead atoms. The number of pyridine rings is 1. The Kier molecular flexibility index (Phi) is 6.05. The Hall–Kier alpha value is -3.25. The first-order valence-electron chi connectivity index (χ1n) is 10.3. The van der Waals surface area contributed by atoms with Crippen LogP contribution in [0.5, 0.6) is 0 Å². The van der Waals surface area contributed by atoms with Crippen LogP contribution in [0, 0.1) is 5.92 Å². The Bertz CT molecular complexity index is 1040. The number of carbonyl (C=O) groups is 2. The molecule has 154 valence electrons. The predicted molar refractivity (Wildman–Crippen MR) is 118 cm³/mol. The molecule has 2 amide bonds. The zero-order valence-electron chi connectivity index (χ0n) is 16.9. The van der Waals surface area contributed by atoms with Crippen molar-refractivity contribution in [3.05, 3.63) is 71.9 Å². The van der Waals surface area contributed by atoms with Crippen molar-refractivity contribution in [1.29, 1.82) is 0 Å². The number of likely N-dealkylation sites (tertiary alicyclic amines) is 1. The van der Waals surface area contributed by atoms with E-state index >= 15 is 0 Å². The summed E-state index contributed by atoms with van der Waals surface area (Å²) in [6.07, 6.45) is 3.89. The molecule has 1 aliphatic heterocycles. The van der Waals surface area contributed by atoms with Crippen LogP contribution in [0.3, 0.4) is 0 Å². The van der Waals surface area contributed by atoms with Crippen LogP contribution in [0.1, 0.15) is 24.0 Å². The molecule has 0 spiro atoms. The molecule has 6 nitrogen and oxygen atoms in total. The Morgan fingerprint density at radius 3 is 2.70 bits per heavy atom. The van der Waals surface area contributed by atoms with Gasteiger partial charge >= 0.3 is 0 Å². The number of aromatic nitrogens is 1. The number of para-hydroxylation sites is 1. The highest BCUT2D eigenvalue weighted by atomic mass is 16.2. The van der Waals surface area contributed by atoms with Crippen molar-refractivity contribution in [3.8, 4) is 0 Å². The van der Waals surface area contributed by atoms with Crippen LogP contribution in [0.2, 0.25) is 0 Å². The molecule has 6 heteroatoms. The van der Waals surface area contributed by atoms with E-state index in [2.05, 4.69) is 15.2 Å². The molecule has 2 heterocycles. The molecule has 4 rings (SSSR count). The van der Waals surface area contributed by atoms with Gasteiger partial charge in [-0.3, -0.25) is 19.5 Å². The SMILES string of the molecule is NC(=O)C1CCCN(Cc2ccc(NC(=O)Cc3cccc4cccnc34)cc2)C1. The zero-order chi connectivity index (χ0) is 20.9. The van der Waals surface area contributed by atoms with Gasteiger partial charge in [0.05, 0.1) is 17.9 Å². The molecule has 30 heavy (non-hydrogen) atoms. The van der Waals surface area contributed by atoms with Gasteiger partial charge in [-0.05, 0) is 48.7 Å². The van der Waals surface area contributed by atoms with Crippen LogP contribution in [0.25, 0.3) is 10.9 Å². The number of piperidine rings is 1. The Morgan fingerprint density at radius 2 is 1.90 bits per heavy atom. The number of rotatable bonds is 6. The van der Waals surface area contributed by atoms with Crippen LogP contribution in [0.4, 0.5) is 5.69 Å². The maximum Gasteiger partial charge on any atom is 0.228 e. The smallest absolute Gasteiger partial charge is 0.228 e. The van der Waals surface area contributed by atoms with Gasteiger partial charge in [0.15, 0.2) is 0 Å². The molecule has 2 aromatic carbocycles. The van der Waals surface area contributed by atoms with Gasteiger partial charge in [-0.25, -0.2) is 0 Å². The summed E-state index contributed by atoms with van der Waals surface area (Å²) in [7, 11) is 0. The normalized spacial score (nSPS) is 17.0. The average molecular weight is 402 g/mol. The lowest BCUT2D eigenvalue weighted by atomic mass is 9.97. The summed E-state index contributed by atoms with van der Waals surface area (Å²) in [4.78, 5) is 30.7. The molecule has 1 atom stereocenters. The monoisotopic (exact) mass is 402 g/mol. The highest BCUT2D eigenvalue weighted by Crippen LogP contribution is 2.20.